The zero-order valence-electron chi connectivity index (χ0n) is 14.9. The summed E-state index contributed by atoms with van der Waals surface area (Å²) in [5, 5.41) is 13.0. The lowest BCUT2D eigenvalue weighted by atomic mass is 9.78. The maximum atomic E-state index is 10.4. The quantitative estimate of drug-likeness (QED) is 0.864. The summed E-state index contributed by atoms with van der Waals surface area (Å²) < 4.78 is 0. The van der Waals surface area contributed by atoms with Gasteiger partial charge in [0.05, 0.1) is 6.54 Å². The van der Waals surface area contributed by atoms with Gasteiger partial charge < -0.3 is 5.11 Å². The smallest absolute Gasteiger partial charge is 0.127 e. The van der Waals surface area contributed by atoms with Crippen LogP contribution in [0.25, 0.3) is 10.8 Å². The first-order valence-corrected chi connectivity index (χ1v) is 8.08. The summed E-state index contributed by atoms with van der Waals surface area (Å²) in [6.45, 7) is 9.26. The Labute approximate surface area is 140 Å². The second kappa shape index (κ2) is 6.74. The van der Waals surface area contributed by atoms with Crippen LogP contribution in [0.1, 0.15) is 33.3 Å². The fourth-order valence-electron chi connectivity index (χ4n) is 2.31. The molecule has 2 rings (SSSR count). The topological polar surface area (TPSA) is 23.5 Å². The molecule has 2 aromatic carbocycles. The predicted octanol–water partition coefficient (Wildman–Crippen LogP) is 4.07. The molecule has 0 aliphatic heterocycles. The van der Waals surface area contributed by atoms with E-state index in [-0.39, 0.29) is 5.41 Å². The Kier molecular flexibility index (Phi) is 5.14. The van der Waals surface area contributed by atoms with Crippen molar-refractivity contribution in [3.8, 4) is 11.8 Å². The molecule has 0 saturated carbocycles. The van der Waals surface area contributed by atoms with E-state index in [2.05, 4.69) is 66.3 Å². The molecule has 0 amide bonds. The molecule has 0 fully saturated rings. The molecule has 0 radical (unpaired) electrons. The van der Waals surface area contributed by atoms with E-state index in [4.69, 9.17) is 0 Å². The Morgan fingerprint density at radius 2 is 1.65 bits per heavy atom. The van der Waals surface area contributed by atoms with Gasteiger partial charge in [0, 0.05) is 12.0 Å². The van der Waals surface area contributed by atoms with Crippen molar-refractivity contribution in [1.29, 1.82) is 0 Å². The largest absolute Gasteiger partial charge is 0.377 e. The number of hydrogen-bond acceptors (Lipinski definition) is 2. The molecule has 0 heterocycles. The van der Waals surface area contributed by atoms with Crippen LogP contribution in [-0.2, 0) is 6.54 Å². The Bertz CT molecular complexity index is 723. The van der Waals surface area contributed by atoms with E-state index >= 15 is 0 Å². The lowest BCUT2D eigenvalue weighted by Gasteiger charge is -2.32. The number of fused-ring (bicyclic) bond motifs is 1. The minimum absolute atomic E-state index is 0.256. The van der Waals surface area contributed by atoms with Crippen molar-refractivity contribution >= 4 is 10.8 Å². The van der Waals surface area contributed by atoms with E-state index in [9.17, 15) is 5.11 Å². The summed E-state index contributed by atoms with van der Waals surface area (Å²) >= 11 is 0. The van der Waals surface area contributed by atoms with E-state index in [1.165, 1.54) is 16.3 Å². The molecule has 2 nitrogen and oxygen atoms in total. The lowest BCUT2D eigenvalue weighted by molar-refractivity contribution is 0.0127. The van der Waals surface area contributed by atoms with E-state index < -0.39 is 5.60 Å². The van der Waals surface area contributed by atoms with Gasteiger partial charge in [-0.25, -0.2) is 0 Å². The highest BCUT2D eigenvalue weighted by molar-refractivity contribution is 5.85. The van der Waals surface area contributed by atoms with Crippen LogP contribution >= 0.6 is 0 Å². The molecule has 2 aromatic rings. The van der Waals surface area contributed by atoms with Crippen molar-refractivity contribution in [2.24, 2.45) is 5.41 Å². The summed E-state index contributed by atoms with van der Waals surface area (Å²) in [6.07, 6.45) is 0. The average molecular weight is 309 g/mol. The van der Waals surface area contributed by atoms with Crippen LogP contribution in [0.15, 0.2) is 42.5 Å². The second-order valence-corrected chi connectivity index (χ2v) is 7.43. The number of rotatable bonds is 3. The van der Waals surface area contributed by atoms with Gasteiger partial charge >= 0.3 is 0 Å². The van der Waals surface area contributed by atoms with Gasteiger partial charge in [-0.3, -0.25) is 4.90 Å². The fourth-order valence-corrected chi connectivity index (χ4v) is 2.31. The first kappa shape index (κ1) is 17.5. The zero-order chi connectivity index (χ0) is 17.1. The van der Waals surface area contributed by atoms with E-state index in [0.717, 1.165) is 6.54 Å². The molecule has 1 atom stereocenters. The van der Waals surface area contributed by atoms with E-state index in [1.807, 2.05) is 20.8 Å². The fraction of sp³-hybridized carbons (Fsp3) is 0.429. The highest BCUT2D eigenvalue weighted by atomic mass is 16.3. The van der Waals surface area contributed by atoms with Gasteiger partial charge in [-0.05, 0) is 30.3 Å². The predicted molar refractivity (Wildman–Crippen MR) is 98.1 cm³/mol. The van der Waals surface area contributed by atoms with Gasteiger partial charge in [0.1, 0.15) is 5.60 Å². The Morgan fingerprint density at radius 3 is 2.35 bits per heavy atom. The van der Waals surface area contributed by atoms with E-state index in [0.29, 0.717) is 6.54 Å². The Hall–Kier alpha value is -1.82. The SMILES string of the molecule is CN(CC#CC(C)(O)C(C)(C)C)Cc1cccc2ccccc12. The van der Waals surface area contributed by atoms with Crippen molar-refractivity contribution in [3.63, 3.8) is 0 Å². The highest BCUT2D eigenvalue weighted by Crippen LogP contribution is 2.28. The molecule has 0 bridgehead atoms. The van der Waals surface area contributed by atoms with Crippen LogP contribution in [0.3, 0.4) is 0 Å². The van der Waals surface area contributed by atoms with Gasteiger partial charge in [0.2, 0.25) is 0 Å². The van der Waals surface area contributed by atoms with Crippen LogP contribution < -0.4 is 0 Å². The van der Waals surface area contributed by atoms with Crippen LogP contribution in [0.5, 0.6) is 0 Å². The van der Waals surface area contributed by atoms with Gasteiger partial charge in [0.15, 0.2) is 0 Å². The van der Waals surface area contributed by atoms with Crippen molar-refractivity contribution in [2.75, 3.05) is 13.6 Å². The molecule has 1 N–H and O–H groups in total. The molecular formula is C21H27NO. The van der Waals surface area contributed by atoms with Crippen LogP contribution in [0.4, 0.5) is 0 Å². The monoisotopic (exact) mass is 309 g/mol. The van der Waals surface area contributed by atoms with Crippen molar-refractivity contribution in [1.82, 2.24) is 4.90 Å². The third-order valence-corrected chi connectivity index (χ3v) is 4.46. The maximum absolute atomic E-state index is 10.4. The average Bonchev–Trinajstić information content (AvgIpc) is 2.46. The van der Waals surface area contributed by atoms with Gasteiger partial charge in [0.25, 0.3) is 0 Å². The van der Waals surface area contributed by atoms with Crippen molar-refractivity contribution < 1.29 is 5.11 Å². The molecule has 2 heteroatoms. The molecule has 0 spiro atoms. The first-order chi connectivity index (χ1) is 10.7. The Balaban J connectivity index is 2.07. The van der Waals surface area contributed by atoms with Crippen molar-refractivity contribution in [2.45, 2.75) is 39.8 Å². The van der Waals surface area contributed by atoms with Crippen LogP contribution in [0, 0.1) is 17.3 Å². The molecule has 0 saturated heterocycles. The molecule has 23 heavy (non-hydrogen) atoms. The molecule has 122 valence electrons. The standard InChI is InChI=1S/C21H27NO/c1-20(2,3)21(4,23)14-9-15-22(5)16-18-12-8-11-17-10-6-7-13-19(17)18/h6-8,10-13,23H,15-16H2,1-5H3. The minimum Gasteiger partial charge on any atom is -0.377 e. The van der Waals surface area contributed by atoms with Crippen LogP contribution in [0.2, 0.25) is 0 Å². The minimum atomic E-state index is -0.979. The normalized spacial score (nSPS) is 14.4. The summed E-state index contributed by atoms with van der Waals surface area (Å²) in [5.74, 6) is 6.14. The molecular weight excluding hydrogens is 282 g/mol. The number of hydrogen-bond donors (Lipinski definition) is 1. The number of nitrogens with zero attached hydrogens (tertiary/aromatic N) is 1. The molecule has 1 unspecified atom stereocenters. The Morgan fingerprint density at radius 1 is 1.00 bits per heavy atom. The van der Waals surface area contributed by atoms with Crippen molar-refractivity contribution in [3.05, 3.63) is 48.0 Å². The van der Waals surface area contributed by atoms with Gasteiger partial charge in [-0.15, -0.1) is 0 Å². The summed E-state index contributed by atoms with van der Waals surface area (Å²) in [6, 6.07) is 14.8. The summed E-state index contributed by atoms with van der Waals surface area (Å²) in [5.41, 5.74) is 0.0663. The number of benzene rings is 2. The summed E-state index contributed by atoms with van der Waals surface area (Å²) in [4.78, 5) is 2.17. The van der Waals surface area contributed by atoms with E-state index in [1.54, 1.807) is 6.92 Å². The second-order valence-electron chi connectivity index (χ2n) is 7.43. The van der Waals surface area contributed by atoms with Gasteiger partial charge in [-0.2, -0.15) is 0 Å². The number of aliphatic hydroxyl groups is 1. The first-order valence-electron chi connectivity index (χ1n) is 8.08. The summed E-state index contributed by atoms with van der Waals surface area (Å²) in [7, 11) is 2.06. The lowest BCUT2D eigenvalue weighted by Crippen LogP contribution is -2.38. The molecule has 0 aliphatic rings. The highest BCUT2D eigenvalue weighted by Gasteiger charge is 2.33. The van der Waals surface area contributed by atoms with Crippen LogP contribution in [-0.4, -0.2) is 29.2 Å². The zero-order valence-corrected chi connectivity index (χ0v) is 14.9. The third-order valence-electron chi connectivity index (χ3n) is 4.46. The molecule has 0 aliphatic carbocycles. The molecule has 0 aromatic heterocycles. The third kappa shape index (κ3) is 4.34. The van der Waals surface area contributed by atoms with Gasteiger partial charge in [-0.1, -0.05) is 75.1 Å². The maximum Gasteiger partial charge on any atom is 0.127 e.